The van der Waals surface area contributed by atoms with Gasteiger partial charge in [-0.25, -0.2) is 23.9 Å². The number of carbonyl (C=O) groups is 3. The van der Waals surface area contributed by atoms with Crippen molar-refractivity contribution < 1.29 is 28.6 Å². The Bertz CT molecular complexity index is 1930. The van der Waals surface area contributed by atoms with E-state index in [-0.39, 0.29) is 19.1 Å². The molecule has 2 aromatic heterocycles. The van der Waals surface area contributed by atoms with Gasteiger partial charge < -0.3 is 24.8 Å². The number of amides is 2. The lowest BCUT2D eigenvalue weighted by atomic mass is 9.90. The van der Waals surface area contributed by atoms with Crippen LogP contribution in [0.15, 0.2) is 60.8 Å². The van der Waals surface area contributed by atoms with Gasteiger partial charge in [-0.05, 0) is 122 Å². The summed E-state index contributed by atoms with van der Waals surface area (Å²) in [6.07, 6.45) is 3.06. The number of alkyl carbamates (subject to hydrolysis) is 2. The van der Waals surface area contributed by atoms with Crippen LogP contribution >= 0.6 is 0 Å². The molecule has 2 aromatic carbocycles. The predicted molar refractivity (Wildman–Crippen MR) is 203 cm³/mol. The minimum Gasteiger partial charge on any atom is -0.444 e. The summed E-state index contributed by atoms with van der Waals surface area (Å²) in [4.78, 5) is 51.2. The van der Waals surface area contributed by atoms with E-state index < -0.39 is 35.1 Å². The second kappa shape index (κ2) is 16.0. The Morgan fingerprint density at radius 3 is 2.13 bits per heavy atom. The standard InChI is InChI=1S/C41H54N6O6/c1-39(2,3)51-36(48)43-23-27-19-20-29(30(22-27)24-44-37(49)52-40(4,5)6)25-46(33-18-12-14-28-15-13-21-42-35(28)33)26-34-45-31-16-10-11-17-32(31)47(34)38(50)53-41(7,8)9/h10-11,13,15-17,19-22,33H,12,14,18,23-26H2,1-9H3,(H,43,48)(H,44,49). The minimum absolute atomic E-state index is 0.0768. The molecule has 0 bridgehead atoms. The summed E-state index contributed by atoms with van der Waals surface area (Å²) < 4.78 is 18.5. The summed E-state index contributed by atoms with van der Waals surface area (Å²) in [6.45, 7) is 17.6. The number of benzene rings is 2. The third kappa shape index (κ3) is 11.0. The normalized spacial score (nSPS) is 14.8. The van der Waals surface area contributed by atoms with Crippen LogP contribution in [0.5, 0.6) is 0 Å². The van der Waals surface area contributed by atoms with Gasteiger partial charge in [-0.15, -0.1) is 0 Å². The van der Waals surface area contributed by atoms with Gasteiger partial charge >= 0.3 is 18.3 Å². The number of pyridine rings is 1. The molecular formula is C41H54N6O6. The molecule has 284 valence electrons. The zero-order valence-electron chi connectivity index (χ0n) is 32.5. The van der Waals surface area contributed by atoms with Crippen LogP contribution in [0.4, 0.5) is 14.4 Å². The molecule has 4 aromatic rings. The molecule has 1 aliphatic carbocycles. The first kappa shape index (κ1) is 39.2. The number of ether oxygens (including phenoxy) is 3. The van der Waals surface area contributed by atoms with E-state index in [2.05, 4.69) is 21.6 Å². The number of rotatable bonds is 9. The number of imidazole rings is 1. The molecule has 0 aliphatic heterocycles. The van der Waals surface area contributed by atoms with Crippen molar-refractivity contribution >= 4 is 29.3 Å². The maximum atomic E-state index is 13.8. The third-order valence-electron chi connectivity index (χ3n) is 8.46. The van der Waals surface area contributed by atoms with Crippen LogP contribution in [0.3, 0.4) is 0 Å². The number of nitrogens with one attached hydrogen (secondary N) is 2. The first-order valence-corrected chi connectivity index (χ1v) is 18.3. The zero-order valence-corrected chi connectivity index (χ0v) is 32.5. The van der Waals surface area contributed by atoms with Gasteiger partial charge in [0.25, 0.3) is 0 Å². The lowest BCUT2D eigenvalue weighted by molar-refractivity contribution is 0.0513. The highest BCUT2D eigenvalue weighted by molar-refractivity contribution is 5.87. The maximum absolute atomic E-state index is 13.8. The van der Waals surface area contributed by atoms with Crippen molar-refractivity contribution in [2.24, 2.45) is 0 Å². The Kier molecular flexibility index (Phi) is 11.8. The van der Waals surface area contributed by atoms with Crippen molar-refractivity contribution in [1.29, 1.82) is 0 Å². The highest BCUT2D eigenvalue weighted by Gasteiger charge is 2.31. The van der Waals surface area contributed by atoms with Crippen LogP contribution in [0.25, 0.3) is 11.0 Å². The fourth-order valence-corrected chi connectivity index (χ4v) is 6.39. The fraction of sp³-hybridized carbons (Fsp3) is 0.488. The lowest BCUT2D eigenvalue weighted by Gasteiger charge is -2.35. The molecule has 5 rings (SSSR count). The van der Waals surface area contributed by atoms with E-state index in [1.165, 1.54) is 5.56 Å². The quantitative estimate of drug-likeness (QED) is 0.163. The molecule has 0 saturated carbocycles. The van der Waals surface area contributed by atoms with Crippen molar-refractivity contribution in [2.45, 2.75) is 131 Å². The number of para-hydroxylation sites is 2. The Morgan fingerprint density at radius 2 is 1.45 bits per heavy atom. The first-order chi connectivity index (χ1) is 24.8. The molecule has 1 aliphatic rings. The topological polar surface area (TPSA) is 137 Å². The number of hydrogen-bond donors (Lipinski definition) is 2. The Balaban J connectivity index is 1.54. The Morgan fingerprint density at radius 1 is 0.792 bits per heavy atom. The van der Waals surface area contributed by atoms with Crippen LogP contribution in [0.1, 0.15) is 115 Å². The monoisotopic (exact) mass is 726 g/mol. The molecule has 0 saturated heterocycles. The average Bonchev–Trinajstić information content (AvgIpc) is 3.42. The van der Waals surface area contributed by atoms with Crippen LogP contribution in [-0.4, -0.2) is 54.5 Å². The van der Waals surface area contributed by atoms with Crippen molar-refractivity contribution in [3.8, 4) is 0 Å². The fourth-order valence-electron chi connectivity index (χ4n) is 6.39. The molecule has 0 radical (unpaired) electrons. The number of aryl methyl sites for hydroxylation is 1. The molecule has 0 fully saturated rings. The Labute approximate surface area is 312 Å². The number of fused-ring (bicyclic) bond motifs is 2. The van der Waals surface area contributed by atoms with Crippen LogP contribution in [0.2, 0.25) is 0 Å². The highest BCUT2D eigenvalue weighted by Crippen LogP contribution is 2.36. The van der Waals surface area contributed by atoms with Crippen LogP contribution in [-0.2, 0) is 46.8 Å². The summed E-state index contributed by atoms with van der Waals surface area (Å²) in [5.74, 6) is 0.551. The van der Waals surface area contributed by atoms with E-state index in [1.54, 1.807) is 4.57 Å². The van der Waals surface area contributed by atoms with Crippen molar-refractivity contribution in [3.63, 3.8) is 0 Å². The molecule has 0 spiro atoms. The lowest BCUT2D eigenvalue weighted by Crippen LogP contribution is -2.35. The summed E-state index contributed by atoms with van der Waals surface area (Å²) in [7, 11) is 0. The van der Waals surface area contributed by atoms with Crippen molar-refractivity contribution in [3.05, 3.63) is 94.6 Å². The van der Waals surface area contributed by atoms with E-state index >= 15 is 0 Å². The minimum atomic E-state index is -0.707. The number of hydrogen-bond acceptors (Lipinski definition) is 9. The van der Waals surface area contributed by atoms with E-state index in [4.69, 9.17) is 24.2 Å². The SMILES string of the molecule is CC(C)(C)OC(=O)NCc1ccc(CN(Cc2nc3ccccc3n2C(=O)OC(C)(C)C)C2CCCc3cccnc32)c(CNC(=O)OC(C)(C)C)c1. The second-order valence-electron chi connectivity index (χ2n) is 16.5. The third-order valence-corrected chi connectivity index (χ3v) is 8.46. The molecular weight excluding hydrogens is 672 g/mol. The van der Waals surface area contributed by atoms with Gasteiger partial charge in [0.2, 0.25) is 0 Å². The molecule has 53 heavy (non-hydrogen) atoms. The number of aromatic nitrogens is 3. The van der Waals surface area contributed by atoms with Gasteiger partial charge in [-0.1, -0.05) is 36.4 Å². The van der Waals surface area contributed by atoms with Crippen molar-refractivity contribution in [2.75, 3.05) is 0 Å². The number of nitrogens with zero attached hydrogens (tertiary/aromatic N) is 4. The van der Waals surface area contributed by atoms with Crippen molar-refractivity contribution in [1.82, 2.24) is 30.1 Å². The summed E-state index contributed by atoms with van der Waals surface area (Å²) in [5.41, 5.74) is 4.20. The maximum Gasteiger partial charge on any atom is 0.420 e. The van der Waals surface area contributed by atoms with Gasteiger partial charge in [0.15, 0.2) is 0 Å². The molecule has 2 amide bonds. The number of carbonyl (C=O) groups excluding carboxylic acids is 3. The molecule has 1 unspecified atom stereocenters. The zero-order chi connectivity index (χ0) is 38.6. The molecule has 2 N–H and O–H groups in total. The largest absolute Gasteiger partial charge is 0.444 e. The molecule has 1 atom stereocenters. The van der Waals surface area contributed by atoms with E-state index in [9.17, 15) is 14.4 Å². The summed E-state index contributed by atoms with van der Waals surface area (Å²) in [6, 6.07) is 17.5. The van der Waals surface area contributed by atoms with Gasteiger partial charge in [0.1, 0.15) is 22.6 Å². The second-order valence-corrected chi connectivity index (χ2v) is 16.5. The van der Waals surface area contributed by atoms with E-state index in [0.717, 1.165) is 41.6 Å². The Hall–Kier alpha value is -4.97. The van der Waals surface area contributed by atoms with Crippen LogP contribution < -0.4 is 10.6 Å². The molecule has 2 heterocycles. The molecule has 12 nitrogen and oxygen atoms in total. The van der Waals surface area contributed by atoms with Crippen LogP contribution in [0, 0.1) is 0 Å². The van der Waals surface area contributed by atoms with Gasteiger partial charge in [0, 0.05) is 25.8 Å². The summed E-state index contributed by atoms with van der Waals surface area (Å²) >= 11 is 0. The predicted octanol–water partition coefficient (Wildman–Crippen LogP) is 8.34. The smallest absolute Gasteiger partial charge is 0.420 e. The van der Waals surface area contributed by atoms with Gasteiger partial charge in [-0.3, -0.25) is 9.88 Å². The van der Waals surface area contributed by atoms with E-state index in [0.29, 0.717) is 29.9 Å². The summed E-state index contributed by atoms with van der Waals surface area (Å²) in [5, 5.41) is 5.75. The first-order valence-electron chi connectivity index (χ1n) is 18.3. The van der Waals surface area contributed by atoms with Gasteiger partial charge in [-0.2, -0.15) is 0 Å². The average molecular weight is 727 g/mol. The highest BCUT2D eigenvalue weighted by atomic mass is 16.6. The molecule has 12 heteroatoms. The van der Waals surface area contributed by atoms with Gasteiger partial charge in [0.05, 0.1) is 29.3 Å². The van der Waals surface area contributed by atoms with E-state index in [1.807, 2.05) is 117 Å².